The van der Waals surface area contributed by atoms with Crippen molar-refractivity contribution in [3.8, 4) is 0 Å². The van der Waals surface area contributed by atoms with E-state index in [0.29, 0.717) is 25.4 Å². The number of amides is 1. The molecule has 0 aromatic heterocycles. The average Bonchev–Trinajstić information content (AvgIpc) is 2.39. The first-order valence-electron chi connectivity index (χ1n) is 5.89. The first kappa shape index (κ1) is 15.7. The van der Waals surface area contributed by atoms with Gasteiger partial charge in [0.05, 0.1) is 6.61 Å². The van der Waals surface area contributed by atoms with Gasteiger partial charge in [0.1, 0.15) is 12.0 Å². The molecule has 2 N–H and O–H groups in total. The van der Waals surface area contributed by atoms with Gasteiger partial charge in [0, 0.05) is 30.3 Å². The van der Waals surface area contributed by atoms with E-state index in [2.05, 4.69) is 0 Å². The van der Waals surface area contributed by atoms with Gasteiger partial charge in [-0.15, -0.1) is 0 Å². The molecule has 1 aliphatic heterocycles. The van der Waals surface area contributed by atoms with Crippen LogP contribution in [0, 0.1) is 0 Å². The van der Waals surface area contributed by atoms with Gasteiger partial charge in [-0.2, -0.15) is 11.8 Å². The summed E-state index contributed by atoms with van der Waals surface area (Å²) in [5.74, 6) is 0.980. The fourth-order valence-corrected chi connectivity index (χ4v) is 4.67. The number of ether oxygens (including phenoxy) is 1. The number of hydrogen-bond acceptors (Lipinski definition) is 6. The van der Waals surface area contributed by atoms with E-state index in [1.165, 1.54) is 4.90 Å². The normalized spacial score (nSPS) is 21.0. The highest BCUT2D eigenvalue weighted by Crippen LogP contribution is 2.21. The molecule has 106 valence electrons. The highest BCUT2D eigenvalue weighted by Gasteiger charge is 2.35. The molecule has 8 heteroatoms. The minimum Gasteiger partial charge on any atom is -0.370 e. The molecular weight excluding hydrogens is 276 g/mol. The quantitative estimate of drug-likeness (QED) is 0.652. The lowest BCUT2D eigenvalue weighted by atomic mass is 10.4. The molecule has 1 atom stereocenters. The molecule has 1 unspecified atom stereocenters. The van der Waals surface area contributed by atoms with Crippen LogP contribution in [0.1, 0.15) is 6.92 Å². The maximum atomic E-state index is 11.9. The zero-order valence-corrected chi connectivity index (χ0v) is 12.1. The first-order valence-corrected chi connectivity index (χ1v) is 8.76. The van der Waals surface area contributed by atoms with Crippen LogP contribution in [0.2, 0.25) is 0 Å². The second-order valence-corrected chi connectivity index (χ2v) is 7.51. The Labute approximate surface area is 112 Å². The van der Waals surface area contributed by atoms with Crippen LogP contribution in [0.25, 0.3) is 0 Å². The molecule has 1 saturated heterocycles. The van der Waals surface area contributed by atoms with Crippen molar-refractivity contribution in [2.75, 3.05) is 43.6 Å². The Morgan fingerprint density at radius 3 is 2.89 bits per heavy atom. The van der Waals surface area contributed by atoms with E-state index in [1.807, 2.05) is 0 Å². The number of nitrogens with zero attached hydrogens (tertiary/aromatic N) is 1. The summed E-state index contributed by atoms with van der Waals surface area (Å²) >= 11 is 1.56. The van der Waals surface area contributed by atoms with Gasteiger partial charge >= 0.3 is 0 Å². The number of hydrogen-bond donors (Lipinski definition) is 1. The topological polar surface area (TPSA) is 89.7 Å². The predicted molar refractivity (Wildman–Crippen MR) is 72.2 cm³/mol. The van der Waals surface area contributed by atoms with E-state index in [1.54, 1.807) is 18.7 Å². The molecule has 18 heavy (non-hydrogen) atoms. The van der Waals surface area contributed by atoms with E-state index in [-0.39, 0.29) is 18.3 Å². The summed E-state index contributed by atoms with van der Waals surface area (Å²) in [5.41, 5.74) is 5.26. The van der Waals surface area contributed by atoms with Crippen molar-refractivity contribution in [1.82, 2.24) is 4.90 Å². The van der Waals surface area contributed by atoms with Gasteiger partial charge < -0.3 is 15.4 Å². The van der Waals surface area contributed by atoms with Crippen LogP contribution in [0.15, 0.2) is 0 Å². The molecule has 1 rings (SSSR count). The third-order valence-corrected chi connectivity index (χ3v) is 6.00. The van der Waals surface area contributed by atoms with Gasteiger partial charge in [-0.3, -0.25) is 4.79 Å². The molecular formula is C10H20N2O4S2. The molecule has 1 aliphatic rings. The zero-order valence-electron chi connectivity index (χ0n) is 10.5. The molecule has 1 amide bonds. The van der Waals surface area contributed by atoms with E-state index >= 15 is 0 Å². The largest absolute Gasteiger partial charge is 0.370 e. The molecule has 0 saturated carbocycles. The van der Waals surface area contributed by atoms with Crippen molar-refractivity contribution in [3.63, 3.8) is 0 Å². The van der Waals surface area contributed by atoms with E-state index in [9.17, 15) is 13.2 Å². The van der Waals surface area contributed by atoms with Crippen molar-refractivity contribution < 1.29 is 17.9 Å². The van der Waals surface area contributed by atoms with Crippen LogP contribution in [-0.2, 0) is 19.4 Å². The fraction of sp³-hybridized carbons (Fsp3) is 0.900. The molecule has 1 heterocycles. The maximum absolute atomic E-state index is 11.9. The standard InChI is InChI=1S/C10H20N2O4S2/c1-2-18(14,15)10-8-17-6-4-12(10)9(13)7-16-5-3-11/h10H,2-8,11H2,1H3. The summed E-state index contributed by atoms with van der Waals surface area (Å²) in [6.45, 7) is 2.61. The van der Waals surface area contributed by atoms with Crippen LogP contribution in [0.4, 0.5) is 0 Å². The summed E-state index contributed by atoms with van der Waals surface area (Å²) in [6.07, 6.45) is 0. The van der Waals surface area contributed by atoms with Crippen LogP contribution < -0.4 is 5.73 Å². The fourth-order valence-electron chi connectivity index (χ4n) is 1.68. The minimum atomic E-state index is -3.24. The smallest absolute Gasteiger partial charge is 0.249 e. The average molecular weight is 296 g/mol. The maximum Gasteiger partial charge on any atom is 0.249 e. The van der Waals surface area contributed by atoms with E-state index in [4.69, 9.17) is 10.5 Å². The lowest BCUT2D eigenvalue weighted by Gasteiger charge is -2.34. The van der Waals surface area contributed by atoms with Crippen LogP contribution in [0.3, 0.4) is 0 Å². The third kappa shape index (κ3) is 4.11. The Morgan fingerprint density at radius 1 is 1.56 bits per heavy atom. The van der Waals surface area contributed by atoms with Crippen molar-refractivity contribution in [3.05, 3.63) is 0 Å². The predicted octanol–water partition coefficient (Wildman–Crippen LogP) is -0.702. The van der Waals surface area contributed by atoms with Crippen molar-refractivity contribution >= 4 is 27.5 Å². The Hall–Kier alpha value is -0.310. The summed E-state index contributed by atoms with van der Waals surface area (Å²) in [4.78, 5) is 13.4. The molecule has 0 aromatic carbocycles. The van der Waals surface area contributed by atoms with Gasteiger partial charge in [0.2, 0.25) is 5.91 Å². The second-order valence-electron chi connectivity index (χ2n) is 3.91. The highest BCUT2D eigenvalue weighted by atomic mass is 32.2. The molecule has 0 aromatic rings. The van der Waals surface area contributed by atoms with E-state index in [0.717, 1.165) is 5.75 Å². The van der Waals surface area contributed by atoms with Crippen LogP contribution in [-0.4, -0.2) is 68.2 Å². The molecule has 6 nitrogen and oxygen atoms in total. The molecule has 0 radical (unpaired) electrons. The molecule has 0 spiro atoms. The lowest BCUT2D eigenvalue weighted by molar-refractivity contribution is -0.136. The number of thioether (sulfide) groups is 1. The molecule has 0 bridgehead atoms. The number of rotatable bonds is 6. The first-order chi connectivity index (χ1) is 8.53. The van der Waals surface area contributed by atoms with Gasteiger partial charge in [0.25, 0.3) is 0 Å². The number of sulfone groups is 1. The highest BCUT2D eigenvalue weighted by molar-refractivity contribution is 8.01. The van der Waals surface area contributed by atoms with Gasteiger partial charge in [-0.1, -0.05) is 6.92 Å². The van der Waals surface area contributed by atoms with Gasteiger partial charge in [-0.05, 0) is 0 Å². The Balaban J connectivity index is 2.67. The van der Waals surface area contributed by atoms with Crippen molar-refractivity contribution in [1.29, 1.82) is 0 Å². The third-order valence-electron chi connectivity index (χ3n) is 2.71. The Bertz CT molecular complexity index is 372. The summed E-state index contributed by atoms with van der Waals surface area (Å²) < 4.78 is 28.9. The number of nitrogens with two attached hydrogens (primary N) is 1. The number of carbonyl (C=O) groups is 1. The van der Waals surface area contributed by atoms with Gasteiger partial charge in [0.15, 0.2) is 9.84 Å². The Morgan fingerprint density at radius 2 is 2.28 bits per heavy atom. The van der Waals surface area contributed by atoms with Crippen LogP contribution >= 0.6 is 11.8 Å². The van der Waals surface area contributed by atoms with Crippen molar-refractivity contribution in [2.45, 2.75) is 12.3 Å². The second kappa shape index (κ2) is 7.32. The summed E-state index contributed by atoms with van der Waals surface area (Å²) in [6, 6.07) is 0. The van der Waals surface area contributed by atoms with Crippen molar-refractivity contribution in [2.24, 2.45) is 5.73 Å². The SMILES string of the molecule is CCS(=O)(=O)C1CSCCN1C(=O)COCCN. The molecule has 0 aliphatic carbocycles. The summed E-state index contributed by atoms with van der Waals surface area (Å²) in [7, 11) is -3.24. The monoisotopic (exact) mass is 296 g/mol. The Kier molecular flexibility index (Phi) is 6.40. The van der Waals surface area contributed by atoms with Gasteiger partial charge in [-0.25, -0.2) is 8.42 Å². The summed E-state index contributed by atoms with van der Waals surface area (Å²) in [5, 5.41) is -0.713. The number of carbonyl (C=O) groups excluding carboxylic acids is 1. The minimum absolute atomic E-state index is 0.0473. The molecule has 1 fully saturated rings. The van der Waals surface area contributed by atoms with Crippen LogP contribution in [0.5, 0.6) is 0 Å². The zero-order chi connectivity index (χ0) is 13.6. The van der Waals surface area contributed by atoms with E-state index < -0.39 is 15.2 Å². The lowest BCUT2D eigenvalue weighted by Crippen LogP contribution is -2.51.